The Kier molecular flexibility index (Phi) is 5.24. The molecule has 4 rings (SSSR count). The van der Waals surface area contributed by atoms with Crippen LogP contribution < -0.4 is 16.6 Å². The third kappa shape index (κ3) is 3.55. The van der Waals surface area contributed by atoms with Gasteiger partial charge in [-0.3, -0.25) is 23.3 Å². The number of carbonyl (C=O) groups excluding carboxylic acids is 1. The van der Waals surface area contributed by atoms with Crippen molar-refractivity contribution in [3.63, 3.8) is 0 Å². The van der Waals surface area contributed by atoms with E-state index in [0.29, 0.717) is 5.82 Å². The highest BCUT2D eigenvalue weighted by atomic mass is 35.5. The standard InChI is InChI=1S/C20H20ClN7O3/c1-25-10-9-22-16(25)14(12-7-5-4-6-8-12)23-13(29)11-28-15-17(24-19(28)21)26(2)20(31)27(3)18(15)30/h4-10,14H,11H2,1-3H3,(H,23,29). The minimum Gasteiger partial charge on any atom is -0.341 e. The molecular formula is C20H20ClN7O3. The van der Waals surface area contributed by atoms with E-state index in [2.05, 4.69) is 15.3 Å². The maximum absolute atomic E-state index is 13.0. The highest BCUT2D eigenvalue weighted by Gasteiger charge is 2.23. The molecule has 0 saturated carbocycles. The quantitative estimate of drug-likeness (QED) is 0.459. The van der Waals surface area contributed by atoms with Crippen molar-refractivity contribution in [1.29, 1.82) is 0 Å². The van der Waals surface area contributed by atoms with Crippen molar-refractivity contribution in [3.05, 3.63) is 80.2 Å². The first-order chi connectivity index (χ1) is 14.8. The van der Waals surface area contributed by atoms with Crippen LogP contribution in [0.4, 0.5) is 0 Å². The van der Waals surface area contributed by atoms with Crippen LogP contribution >= 0.6 is 11.6 Å². The SMILES string of the molecule is Cn1ccnc1C(NC(=O)Cn1c(Cl)nc2c1c(=O)n(C)c(=O)n2C)c1ccccc1. The molecule has 0 radical (unpaired) electrons. The van der Waals surface area contributed by atoms with Crippen LogP contribution in [0.2, 0.25) is 5.28 Å². The second-order valence-electron chi connectivity index (χ2n) is 7.15. The first-order valence-electron chi connectivity index (χ1n) is 9.43. The van der Waals surface area contributed by atoms with Gasteiger partial charge in [0.1, 0.15) is 18.4 Å². The Morgan fingerprint density at radius 1 is 1.13 bits per heavy atom. The Balaban J connectivity index is 1.72. The third-order valence-corrected chi connectivity index (χ3v) is 5.45. The van der Waals surface area contributed by atoms with E-state index in [1.165, 1.54) is 23.2 Å². The zero-order valence-corrected chi connectivity index (χ0v) is 17.9. The van der Waals surface area contributed by atoms with Crippen LogP contribution in [0.15, 0.2) is 52.3 Å². The molecule has 4 aromatic rings. The molecule has 1 N–H and O–H groups in total. The fourth-order valence-corrected chi connectivity index (χ4v) is 3.74. The summed E-state index contributed by atoms with van der Waals surface area (Å²) in [6, 6.07) is 8.92. The average Bonchev–Trinajstić information content (AvgIpc) is 3.33. The summed E-state index contributed by atoms with van der Waals surface area (Å²) in [5.41, 5.74) is -0.0473. The number of hydrogen-bond acceptors (Lipinski definition) is 5. The molecule has 160 valence electrons. The van der Waals surface area contributed by atoms with Gasteiger partial charge in [-0.15, -0.1) is 0 Å². The predicted molar refractivity (Wildman–Crippen MR) is 115 cm³/mol. The number of amides is 1. The molecule has 0 spiro atoms. The van der Waals surface area contributed by atoms with Crippen molar-refractivity contribution >= 4 is 28.7 Å². The predicted octanol–water partition coefficient (Wildman–Crippen LogP) is 0.726. The number of aryl methyl sites for hydroxylation is 2. The third-order valence-electron chi connectivity index (χ3n) is 5.16. The molecule has 1 aromatic carbocycles. The van der Waals surface area contributed by atoms with E-state index < -0.39 is 23.2 Å². The topological polar surface area (TPSA) is 109 Å². The summed E-state index contributed by atoms with van der Waals surface area (Å²) >= 11 is 6.23. The number of nitrogens with one attached hydrogen (secondary N) is 1. The number of fused-ring (bicyclic) bond motifs is 1. The van der Waals surface area contributed by atoms with E-state index in [1.54, 1.807) is 12.4 Å². The normalized spacial score (nSPS) is 12.3. The van der Waals surface area contributed by atoms with E-state index in [0.717, 1.165) is 10.1 Å². The van der Waals surface area contributed by atoms with Crippen molar-refractivity contribution in [2.45, 2.75) is 12.6 Å². The highest BCUT2D eigenvalue weighted by molar-refractivity contribution is 6.29. The monoisotopic (exact) mass is 441 g/mol. The molecule has 1 atom stereocenters. The lowest BCUT2D eigenvalue weighted by Crippen LogP contribution is -2.38. The fraction of sp³-hybridized carbons (Fsp3) is 0.250. The summed E-state index contributed by atoms with van der Waals surface area (Å²) in [5.74, 6) is 0.258. The molecule has 3 heterocycles. The molecule has 0 aliphatic carbocycles. The highest BCUT2D eigenvalue weighted by Crippen LogP contribution is 2.21. The Hall–Kier alpha value is -3.66. The van der Waals surface area contributed by atoms with Crippen molar-refractivity contribution in [3.8, 4) is 0 Å². The summed E-state index contributed by atoms with van der Waals surface area (Å²) in [7, 11) is 4.70. The number of carbonyl (C=O) groups is 1. The molecule has 0 bridgehead atoms. The van der Waals surface area contributed by atoms with Crippen molar-refractivity contribution < 1.29 is 4.79 Å². The number of aromatic nitrogens is 6. The molecule has 0 aliphatic rings. The van der Waals surface area contributed by atoms with Gasteiger partial charge in [0.15, 0.2) is 11.2 Å². The molecule has 11 heteroatoms. The van der Waals surface area contributed by atoms with Gasteiger partial charge in [0.05, 0.1) is 0 Å². The van der Waals surface area contributed by atoms with Crippen LogP contribution in [0.1, 0.15) is 17.4 Å². The summed E-state index contributed by atoms with van der Waals surface area (Å²) in [5, 5.41) is 2.90. The Morgan fingerprint density at radius 3 is 2.48 bits per heavy atom. The number of halogens is 1. The first-order valence-corrected chi connectivity index (χ1v) is 9.80. The van der Waals surface area contributed by atoms with E-state index >= 15 is 0 Å². The van der Waals surface area contributed by atoms with Gasteiger partial charge in [-0.2, -0.15) is 4.98 Å². The van der Waals surface area contributed by atoms with Gasteiger partial charge >= 0.3 is 5.69 Å². The van der Waals surface area contributed by atoms with Crippen molar-refractivity contribution in [2.24, 2.45) is 21.1 Å². The molecule has 0 saturated heterocycles. The van der Waals surface area contributed by atoms with Gasteiger partial charge < -0.3 is 9.88 Å². The van der Waals surface area contributed by atoms with Gasteiger partial charge in [0.25, 0.3) is 5.56 Å². The number of hydrogen-bond donors (Lipinski definition) is 1. The maximum Gasteiger partial charge on any atom is 0.332 e. The number of nitrogens with zero attached hydrogens (tertiary/aromatic N) is 6. The molecule has 0 fully saturated rings. The maximum atomic E-state index is 13.0. The molecular weight excluding hydrogens is 422 g/mol. The summed E-state index contributed by atoms with van der Waals surface area (Å²) in [4.78, 5) is 46.3. The molecule has 1 amide bonds. The van der Waals surface area contributed by atoms with Crippen molar-refractivity contribution in [1.82, 2.24) is 33.6 Å². The molecule has 1 unspecified atom stereocenters. The van der Waals surface area contributed by atoms with E-state index in [-0.39, 0.29) is 23.0 Å². The van der Waals surface area contributed by atoms with Gasteiger partial charge in [-0.05, 0) is 17.2 Å². The summed E-state index contributed by atoms with van der Waals surface area (Å²) < 4.78 is 5.30. The summed E-state index contributed by atoms with van der Waals surface area (Å²) in [6.07, 6.45) is 3.45. The molecule has 3 aromatic heterocycles. The number of rotatable bonds is 5. The first kappa shape index (κ1) is 20.6. The van der Waals surface area contributed by atoms with Gasteiger partial charge in [-0.25, -0.2) is 9.78 Å². The van der Waals surface area contributed by atoms with Crippen LogP contribution in [-0.2, 0) is 32.5 Å². The van der Waals surface area contributed by atoms with E-state index in [9.17, 15) is 14.4 Å². The van der Waals surface area contributed by atoms with Crippen LogP contribution in [0.3, 0.4) is 0 Å². The van der Waals surface area contributed by atoms with Gasteiger partial charge in [-0.1, -0.05) is 30.3 Å². The van der Waals surface area contributed by atoms with E-state index in [4.69, 9.17) is 11.6 Å². The minimum absolute atomic E-state index is 0.0586. The van der Waals surface area contributed by atoms with Gasteiger partial charge in [0, 0.05) is 33.5 Å². The van der Waals surface area contributed by atoms with Gasteiger partial charge in [0.2, 0.25) is 11.2 Å². The Bertz CT molecular complexity index is 1400. The van der Waals surface area contributed by atoms with Crippen LogP contribution in [0.25, 0.3) is 11.2 Å². The molecule has 10 nitrogen and oxygen atoms in total. The molecule has 31 heavy (non-hydrogen) atoms. The second kappa shape index (κ2) is 7.88. The van der Waals surface area contributed by atoms with Crippen molar-refractivity contribution in [2.75, 3.05) is 0 Å². The Morgan fingerprint density at radius 2 is 1.84 bits per heavy atom. The largest absolute Gasteiger partial charge is 0.341 e. The fourth-order valence-electron chi connectivity index (χ4n) is 3.51. The van der Waals surface area contributed by atoms with Crippen LogP contribution in [0.5, 0.6) is 0 Å². The minimum atomic E-state index is -0.575. The zero-order chi connectivity index (χ0) is 22.3. The van der Waals surface area contributed by atoms with Crippen LogP contribution in [0, 0.1) is 0 Å². The van der Waals surface area contributed by atoms with Crippen LogP contribution in [-0.4, -0.2) is 34.1 Å². The Labute approximate surface area is 181 Å². The lowest BCUT2D eigenvalue weighted by molar-refractivity contribution is -0.122. The second-order valence-corrected chi connectivity index (χ2v) is 7.49. The van der Waals surface area contributed by atoms with E-state index in [1.807, 2.05) is 41.9 Å². The number of imidazole rings is 2. The lowest BCUT2D eigenvalue weighted by atomic mass is 10.1. The smallest absolute Gasteiger partial charge is 0.332 e. The number of benzene rings is 1. The lowest BCUT2D eigenvalue weighted by Gasteiger charge is -2.19. The zero-order valence-electron chi connectivity index (χ0n) is 17.1. The molecule has 0 aliphatic heterocycles. The summed E-state index contributed by atoms with van der Waals surface area (Å²) in [6.45, 7) is -0.253. The average molecular weight is 442 g/mol.